The quantitative estimate of drug-likeness (QED) is 0.343. The maximum Gasteiger partial charge on any atom is 0.248 e. The first-order chi connectivity index (χ1) is 15.7. The van der Waals surface area contributed by atoms with Crippen LogP contribution in [0.25, 0.3) is 39.1 Å². The fourth-order valence-electron chi connectivity index (χ4n) is 3.88. The van der Waals surface area contributed by atoms with E-state index in [4.69, 9.17) is 0 Å². The van der Waals surface area contributed by atoms with Gasteiger partial charge in [0, 0.05) is 46.4 Å². The second kappa shape index (κ2) is 8.53. The van der Waals surface area contributed by atoms with E-state index in [9.17, 15) is 9.90 Å². The van der Waals surface area contributed by atoms with Gasteiger partial charge >= 0.3 is 0 Å². The Bertz CT molecular complexity index is 1430. The highest BCUT2D eigenvalue weighted by Crippen LogP contribution is 2.31. The van der Waals surface area contributed by atoms with Crippen molar-refractivity contribution in [2.75, 3.05) is 11.9 Å². The zero-order valence-electron chi connectivity index (χ0n) is 17.3. The molecule has 0 saturated carbocycles. The molecule has 0 aliphatic rings. The number of nitrogens with one attached hydrogen (secondary N) is 2. The smallest absolute Gasteiger partial charge is 0.248 e. The highest BCUT2D eigenvalue weighted by molar-refractivity contribution is 6.04. The van der Waals surface area contributed by atoms with Crippen molar-refractivity contribution in [1.29, 1.82) is 0 Å². The number of H-pyrrole nitrogens is 1. The molecule has 5 rings (SSSR count). The van der Waals surface area contributed by atoms with E-state index in [0.29, 0.717) is 12.2 Å². The summed E-state index contributed by atoms with van der Waals surface area (Å²) < 4.78 is 2.03. The Hall–Kier alpha value is -4.16. The molecule has 0 saturated heterocycles. The van der Waals surface area contributed by atoms with Crippen molar-refractivity contribution in [3.63, 3.8) is 0 Å². The maximum absolute atomic E-state index is 12.4. The molecule has 3 aromatic carbocycles. The Morgan fingerprint density at radius 3 is 2.78 bits per heavy atom. The third-order valence-corrected chi connectivity index (χ3v) is 5.44. The molecule has 0 aliphatic heterocycles. The number of aromatic nitrogens is 3. The number of benzene rings is 3. The number of hydrogen-bond donors (Lipinski definition) is 3. The molecule has 3 N–H and O–H groups in total. The summed E-state index contributed by atoms with van der Waals surface area (Å²) in [5.41, 5.74) is 5.46. The summed E-state index contributed by atoms with van der Waals surface area (Å²) in [6.45, 7) is 0.667. The number of rotatable bonds is 6. The average molecular weight is 422 g/mol. The van der Waals surface area contributed by atoms with Gasteiger partial charge in [0.2, 0.25) is 5.91 Å². The number of aliphatic hydroxyl groups is 1. The van der Waals surface area contributed by atoms with Crippen molar-refractivity contribution in [2.24, 2.45) is 0 Å². The van der Waals surface area contributed by atoms with Gasteiger partial charge < -0.3 is 15.0 Å². The van der Waals surface area contributed by atoms with Crippen molar-refractivity contribution in [2.45, 2.75) is 6.54 Å². The van der Waals surface area contributed by atoms with Crippen molar-refractivity contribution < 1.29 is 9.90 Å². The normalized spacial score (nSPS) is 11.5. The van der Waals surface area contributed by atoms with E-state index in [2.05, 4.69) is 21.6 Å². The number of fused-ring (bicyclic) bond motifs is 2. The monoisotopic (exact) mass is 422 g/mol. The lowest BCUT2D eigenvalue weighted by Crippen LogP contribution is -2.07. The van der Waals surface area contributed by atoms with Gasteiger partial charge in [0.1, 0.15) is 0 Å². The van der Waals surface area contributed by atoms with Gasteiger partial charge in [0.15, 0.2) is 0 Å². The molecule has 0 radical (unpaired) electrons. The second-order valence-corrected chi connectivity index (χ2v) is 7.57. The number of aliphatic hydroxyl groups excluding tert-OH is 1. The Morgan fingerprint density at radius 1 is 1.06 bits per heavy atom. The minimum Gasteiger partial charge on any atom is -0.395 e. The van der Waals surface area contributed by atoms with Crippen LogP contribution < -0.4 is 5.32 Å². The molecule has 0 bridgehead atoms. The van der Waals surface area contributed by atoms with Crippen molar-refractivity contribution >= 4 is 39.5 Å². The first-order valence-corrected chi connectivity index (χ1v) is 10.4. The lowest BCUT2D eigenvalue weighted by molar-refractivity contribution is -0.111. The van der Waals surface area contributed by atoms with Crippen LogP contribution in [-0.4, -0.2) is 32.4 Å². The number of nitrogens with zero attached hydrogens (tertiary/aromatic N) is 2. The van der Waals surface area contributed by atoms with Gasteiger partial charge in [-0.05, 0) is 48.0 Å². The molecule has 2 aromatic heterocycles. The summed E-state index contributed by atoms with van der Waals surface area (Å²) in [4.78, 5) is 12.4. The van der Waals surface area contributed by atoms with Gasteiger partial charge in [-0.1, -0.05) is 36.4 Å². The van der Waals surface area contributed by atoms with Crippen molar-refractivity contribution in [3.8, 4) is 11.3 Å². The summed E-state index contributed by atoms with van der Waals surface area (Å²) in [7, 11) is 0. The van der Waals surface area contributed by atoms with Gasteiger partial charge in [0.25, 0.3) is 0 Å². The molecular formula is C26H22N4O2. The highest BCUT2D eigenvalue weighted by atomic mass is 16.3. The van der Waals surface area contributed by atoms with Crippen LogP contribution in [0.15, 0.2) is 85.1 Å². The van der Waals surface area contributed by atoms with E-state index in [-0.39, 0.29) is 12.5 Å². The van der Waals surface area contributed by atoms with Crippen LogP contribution in [0.5, 0.6) is 0 Å². The molecular weight excluding hydrogens is 400 g/mol. The van der Waals surface area contributed by atoms with E-state index < -0.39 is 0 Å². The Morgan fingerprint density at radius 2 is 1.94 bits per heavy atom. The minimum absolute atomic E-state index is 0.102. The van der Waals surface area contributed by atoms with Gasteiger partial charge in [-0.3, -0.25) is 9.89 Å². The van der Waals surface area contributed by atoms with Crippen LogP contribution in [0, 0.1) is 0 Å². The van der Waals surface area contributed by atoms with Crippen LogP contribution in [0.1, 0.15) is 5.56 Å². The van der Waals surface area contributed by atoms with E-state index in [0.717, 1.165) is 38.6 Å². The Balaban J connectivity index is 1.42. The van der Waals surface area contributed by atoms with E-state index in [1.54, 1.807) is 6.08 Å². The van der Waals surface area contributed by atoms with Gasteiger partial charge in [-0.2, -0.15) is 5.10 Å². The number of amides is 1. The molecule has 0 fully saturated rings. The summed E-state index contributed by atoms with van der Waals surface area (Å²) in [6.07, 6.45) is 5.29. The fraction of sp³-hybridized carbons (Fsp3) is 0.0769. The molecule has 0 unspecified atom stereocenters. The largest absolute Gasteiger partial charge is 0.395 e. The Kier molecular flexibility index (Phi) is 5.27. The van der Waals surface area contributed by atoms with Gasteiger partial charge in [0.05, 0.1) is 17.8 Å². The summed E-state index contributed by atoms with van der Waals surface area (Å²) in [5, 5.41) is 21.8. The maximum atomic E-state index is 12.4. The number of anilines is 1. The first kappa shape index (κ1) is 19.8. The van der Waals surface area contributed by atoms with Crippen LogP contribution in [0.2, 0.25) is 0 Å². The third kappa shape index (κ3) is 3.91. The van der Waals surface area contributed by atoms with E-state index >= 15 is 0 Å². The lowest BCUT2D eigenvalue weighted by Gasteiger charge is -2.05. The molecule has 32 heavy (non-hydrogen) atoms. The third-order valence-electron chi connectivity index (χ3n) is 5.44. The minimum atomic E-state index is -0.190. The Labute approximate surface area is 184 Å². The predicted octanol–water partition coefficient (Wildman–Crippen LogP) is 4.83. The molecule has 0 aliphatic carbocycles. The van der Waals surface area contributed by atoms with Crippen LogP contribution in [0.3, 0.4) is 0 Å². The SMILES string of the molecule is O=C(/C=C/c1ccccc1)Nc1ccc2[nH]nc(-c3ccc4c(ccn4CCO)c3)c2c1. The molecule has 158 valence electrons. The molecule has 6 heteroatoms. The topological polar surface area (TPSA) is 82.9 Å². The van der Waals surface area contributed by atoms with Crippen molar-refractivity contribution in [3.05, 3.63) is 90.6 Å². The van der Waals surface area contributed by atoms with Gasteiger partial charge in [-0.25, -0.2) is 0 Å². The molecule has 0 spiro atoms. The zero-order chi connectivity index (χ0) is 21.9. The van der Waals surface area contributed by atoms with Crippen LogP contribution in [0.4, 0.5) is 5.69 Å². The number of hydrogen-bond acceptors (Lipinski definition) is 3. The lowest BCUT2D eigenvalue weighted by atomic mass is 10.1. The van der Waals surface area contributed by atoms with Crippen molar-refractivity contribution in [1.82, 2.24) is 14.8 Å². The summed E-state index contributed by atoms with van der Waals surface area (Å²) >= 11 is 0. The number of carbonyl (C=O) groups excluding carboxylic acids is 1. The molecule has 2 heterocycles. The fourth-order valence-corrected chi connectivity index (χ4v) is 3.88. The predicted molar refractivity (Wildman–Crippen MR) is 128 cm³/mol. The zero-order valence-corrected chi connectivity index (χ0v) is 17.3. The molecule has 6 nitrogen and oxygen atoms in total. The highest BCUT2D eigenvalue weighted by Gasteiger charge is 2.11. The standard InChI is InChI=1S/C26H22N4O2/c31-15-14-30-13-12-19-16-20(7-10-24(19)30)26-22-17-21(8-9-23(22)28-29-26)27-25(32)11-6-18-4-2-1-3-5-18/h1-13,16-17,31H,14-15H2,(H,27,32)(H,28,29)/b11-6+. The summed E-state index contributed by atoms with van der Waals surface area (Å²) in [6, 6.07) is 23.6. The molecule has 5 aromatic rings. The first-order valence-electron chi connectivity index (χ1n) is 10.4. The van der Waals surface area contributed by atoms with Crippen LogP contribution in [-0.2, 0) is 11.3 Å². The average Bonchev–Trinajstić information content (AvgIpc) is 3.42. The number of carbonyl (C=O) groups is 1. The van der Waals surface area contributed by atoms with E-state index in [1.165, 1.54) is 6.08 Å². The molecule has 1 amide bonds. The van der Waals surface area contributed by atoms with Gasteiger partial charge in [-0.15, -0.1) is 0 Å². The molecule has 0 atom stereocenters. The van der Waals surface area contributed by atoms with Crippen LogP contribution >= 0.6 is 0 Å². The van der Waals surface area contributed by atoms with E-state index in [1.807, 2.05) is 77.5 Å². The number of aromatic amines is 1. The summed E-state index contributed by atoms with van der Waals surface area (Å²) in [5.74, 6) is -0.190. The second-order valence-electron chi connectivity index (χ2n) is 7.57.